The van der Waals surface area contributed by atoms with Gasteiger partial charge in [0.05, 0.1) is 27.6 Å². The summed E-state index contributed by atoms with van der Waals surface area (Å²) in [6.45, 7) is 4.24. The van der Waals surface area contributed by atoms with E-state index in [-0.39, 0.29) is 5.69 Å². The average Bonchev–Trinajstić information content (AvgIpc) is 2.84. The molecule has 3 rings (SSSR count). The second-order valence-corrected chi connectivity index (χ2v) is 8.67. The number of hydrogen-bond donors (Lipinski definition) is 2. The summed E-state index contributed by atoms with van der Waals surface area (Å²) in [5, 5.41) is 0.715. The summed E-state index contributed by atoms with van der Waals surface area (Å²) in [5.74, 6) is 0.410. The van der Waals surface area contributed by atoms with E-state index in [0.717, 1.165) is 9.48 Å². The van der Waals surface area contributed by atoms with Crippen LogP contribution in [0, 0.1) is 18.4 Å². The molecule has 0 fully saturated rings. The molecular formula is C10H9N3OS4+. The Kier molecular flexibility index (Phi) is 3.13. The van der Waals surface area contributed by atoms with E-state index in [9.17, 15) is 4.79 Å². The molecule has 0 amide bonds. The molecule has 0 saturated carbocycles. The van der Waals surface area contributed by atoms with Gasteiger partial charge in [-0.3, -0.25) is 4.98 Å². The molecule has 1 radical (unpaired) electrons. The summed E-state index contributed by atoms with van der Waals surface area (Å²) < 4.78 is 2.42. The SMILES string of the molecule is Cc1sc([C]2Sc3nc(=O)[nH]c(N)c3S2)[s+]c1C. The van der Waals surface area contributed by atoms with Crippen molar-refractivity contribution in [2.24, 2.45) is 0 Å². The third-order valence-corrected chi connectivity index (χ3v) is 8.09. The van der Waals surface area contributed by atoms with Crippen LogP contribution in [0.15, 0.2) is 14.7 Å². The molecule has 3 heterocycles. The van der Waals surface area contributed by atoms with Crippen molar-refractivity contribution < 1.29 is 0 Å². The topological polar surface area (TPSA) is 71.8 Å². The zero-order chi connectivity index (χ0) is 12.9. The highest BCUT2D eigenvalue weighted by Gasteiger charge is 2.37. The van der Waals surface area contributed by atoms with Crippen LogP contribution in [0.3, 0.4) is 0 Å². The molecule has 2 aromatic rings. The van der Waals surface area contributed by atoms with Crippen molar-refractivity contribution in [3.05, 3.63) is 29.0 Å². The maximum Gasteiger partial charge on any atom is 0.347 e. The first kappa shape index (κ1) is 12.5. The van der Waals surface area contributed by atoms with Gasteiger partial charge in [0.2, 0.25) is 0 Å². The van der Waals surface area contributed by atoms with Crippen LogP contribution in [0.2, 0.25) is 0 Å². The van der Waals surface area contributed by atoms with Gasteiger partial charge in [-0.2, -0.15) is 4.98 Å². The summed E-state index contributed by atoms with van der Waals surface area (Å²) in [6, 6.07) is 0. The molecule has 0 bridgehead atoms. The Balaban J connectivity index is 1.98. The molecule has 3 N–H and O–H groups in total. The number of fused-ring (bicyclic) bond motifs is 1. The van der Waals surface area contributed by atoms with Crippen LogP contribution in [-0.4, -0.2) is 9.97 Å². The van der Waals surface area contributed by atoms with Crippen LogP contribution in [0.25, 0.3) is 0 Å². The number of aromatic nitrogens is 2. The van der Waals surface area contributed by atoms with E-state index in [0.29, 0.717) is 10.8 Å². The summed E-state index contributed by atoms with van der Waals surface area (Å²) in [5.41, 5.74) is 5.43. The molecule has 0 unspecified atom stereocenters. The van der Waals surface area contributed by atoms with Crippen molar-refractivity contribution in [2.75, 3.05) is 5.73 Å². The third kappa shape index (κ3) is 2.07. The Hall–Kier alpha value is -0.570. The quantitative estimate of drug-likeness (QED) is 0.625. The van der Waals surface area contributed by atoms with Crippen molar-refractivity contribution in [1.82, 2.24) is 9.97 Å². The van der Waals surface area contributed by atoms with Crippen LogP contribution in [0.4, 0.5) is 5.82 Å². The van der Waals surface area contributed by atoms with E-state index in [1.165, 1.54) is 25.7 Å². The molecule has 1 aliphatic heterocycles. The molecule has 18 heavy (non-hydrogen) atoms. The maximum atomic E-state index is 11.3. The van der Waals surface area contributed by atoms with E-state index in [1.54, 1.807) is 34.4 Å². The predicted molar refractivity (Wildman–Crippen MR) is 79.4 cm³/mol. The molecule has 1 aliphatic rings. The Morgan fingerprint density at radius 2 is 2.11 bits per heavy atom. The van der Waals surface area contributed by atoms with Gasteiger partial charge in [0.1, 0.15) is 20.6 Å². The van der Waals surface area contributed by atoms with Crippen molar-refractivity contribution in [3.63, 3.8) is 0 Å². The largest absolute Gasteiger partial charge is 0.384 e. The number of rotatable bonds is 1. The van der Waals surface area contributed by atoms with Crippen LogP contribution in [-0.2, 0) is 0 Å². The molecule has 93 valence electrons. The highest BCUT2D eigenvalue weighted by Crippen LogP contribution is 2.58. The van der Waals surface area contributed by atoms with E-state index in [4.69, 9.17) is 5.73 Å². The van der Waals surface area contributed by atoms with Crippen LogP contribution >= 0.6 is 46.2 Å². The number of H-pyrrole nitrogens is 1. The lowest BCUT2D eigenvalue weighted by Crippen LogP contribution is -2.13. The fourth-order valence-electron chi connectivity index (χ4n) is 1.44. The molecule has 2 aromatic heterocycles. The predicted octanol–water partition coefficient (Wildman–Crippen LogP) is 3.11. The summed E-state index contributed by atoms with van der Waals surface area (Å²) in [4.78, 5) is 21.3. The van der Waals surface area contributed by atoms with E-state index >= 15 is 0 Å². The zero-order valence-corrected chi connectivity index (χ0v) is 12.8. The lowest BCUT2D eigenvalue weighted by atomic mass is 10.5. The number of aromatic amines is 1. The number of aryl methyl sites for hydroxylation is 2. The second-order valence-electron chi connectivity index (χ2n) is 3.69. The van der Waals surface area contributed by atoms with Crippen molar-refractivity contribution in [1.29, 1.82) is 0 Å². The Bertz CT molecular complexity index is 659. The van der Waals surface area contributed by atoms with Gasteiger partial charge in [0.15, 0.2) is 4.58 Å². The Morgan fingerprint density at radius 3 is 2.78 bits per heavy atom. The van der Waals surface area contributed by atoms with Crippen LogP contribution in [0.1, 0.15) is 13.9 Å². The normalized spacial score (nSPS) is 15.0. The standard InChI is InChI=1S/C10H8N3OS4/c1-3-4(2)16-8(15-3)9-17-5-6(11)12-10(14)13-7(5)18-9/h1-2H3,(H2-,11,12,13,14)/p+1. The minimum absolute atomic E-state index is 0.386. The van der Waals surface area contributed by atoms with Gasteiger partial charge in [-0.15, -0.1) is 0 Å². The highest BCUT2D eigenvalue weighted by molar-refractivity contribution is 8.23. The molecular weight excluding hydrogens is 306 g/mol. The van der Waals surface area contributed by atoms with Crippen LogP contribution in [0.5, 0.6) is 0 Å². The molecule has 4 nitrogen and oxygen atoms in total. The van der Waals surface area contributed by atoms with E-state index in [1.807, 2.05) is 0 Å². The van der Waals surface area contributed by atoms with Gasteiger partial charge in [-0.05, 0) is 13.8 Å². The minimum Gasteiger partial charge on any atom is -0.384 e. The lowest BCUT2D eigenvalue weighted by Gasteiger charge is -1.97. The summed E-state index contributed by atoms with van der Waals surface area (Å²) in [7, 11) is 0. The maximum absolute atomic E-state index is 11.3. The highest BCUT2D eigenvalue weighted by atomic mass is 32.2. The minimum atomic E-state index is -0.386. The van der Waals surface area contributed by atoms with Crippen molar-refractivity contribution in [2.45, 2.75) is 23.8 Å². The molecule has 0 aromatic carbocycles. The van der Waals surface area contributed by atoms with Crippen LogP contribution < -0.4 is 11.4 Å². The molecule has 0 saturated heterocycles. The number of nitrogens with one attached hydrogen (secondary N) is 1. The molecule has 0 spiro atoms. The number of anilines is 1. The van der Waals surface area contributed by atoms with Crippen molar-refractivity contribution >= 4 is 52.0 Å². The number of nitrogens with zero attached hydrogens (tertiary/aromatic N) is 1. The average molecular weight is 315 g/mol. The fourth-order valence-corrected chi connectivity index (χ4v) is 6.67. The Morgan fingerprint density at radius 1 is 1.33 bits per heavy atom. The van der Waals surface area contributed by atoms with Gasteiger partial charge >= 0.3 is 5.69 Å². The van der Waals surface area contributed by atoms with Crippen molar-refractivity contribution in [3.8, 4) is 0 Å². The summed E-state index contributed by atoms with van der Waals surface area (Å²) in [6.07, 6.45) is 0. The van der Waals surface area contributed by atoms with Gasteiger partial charge in [0, 0.05) is 0 Å². The molecule has 8 heteroatoms. The van der Waals surface area contributed by atoms with Gasteiger partial charge in [0.25, 0.3) is 4.19 Å². The second kappa shape index (κ2) is 4.52. The Labute approximate surface area is 120 Å². The first-order valence-electron chi connectivity index (χ1n) is 5.07. The lowest BCUT2D eigenvalue weighted by molar-refractivity contribution is 0.928. The summed E-state index contributed by atoms with van der Waals surface area (Å²) >= 11 is 6.67. The number of thioether (sulfide) groups is 2. The number of nitrogens with two attached hydrogens (primary N) is 1. The monoisotopic (exact) mass is 315 g/mol. The van der Waals surface area contributed by atoms with Gasteiger partial charge in [-0.25, -0.2) is 4.79 Å². The fraction of sp³-hybridized carbons (Fsp3) is 0.200. The zero-order valence-electron chi connectivity index (χ0n) is 9.57. The molecule has 0 atom stereocenters. The molecule has 0 aliphatic carbocycles. The van der Waals surface area contributed by atoms with Gasteiger partial charge in [-0.1, -0.05) is 23.5 Å². The smallest absolute Gasteiger partial charge is 0.347 e. The first-order valence-corrected chi connectivity index (χ1v) is 8.34. The first-order chi connectivity index (χ1) is 8.54. The number of hydrogen-bond acceptors (Lipinski definition) is 6. The third-order valence-electron chi connectivity index (χ3n) is 2.42. The van der Waals surface area contributed by atoms with E-state index < -0.39 is 0 Å². The number of nitrogen functional groups attached to an aromatic ring is 1. The van der Waals surface area contributed by atoms with Gasteiger partial charge < -0.3 is 5.73 Å². The van der Waals surface area contributed by atoms with E-state index in [2.05, 4.69) is 23.8 Å².